The third kappa shape index (κ3) is 6.10. The lowest BCUT2D eigenvalue weighted by atomic mass is 10.1. The summed E-state index contributed by atoms with van der Waals surface area (Å²) >= 11 is 2.19. The number of aliphatic hydroxyl groups is 2. The van der Waals surface area contributed by atoms with Gasteiger partial charge < -0.3 is 19.7 Å². The monoisotopic (exact) mass is 428 g/mol. The van der Waals surface area contributed by atoms with E-state index < -0.39 is 6.10 Å². The molecule has 4 nitrogen and oxygen atoms in total. The standard InChI is InChI=1S/C18H21IO4/c19-17-10-14(8-9-20)6-7-18(17)23-16(11-21)13-22-12-15-4-2-1-3-5-15/h1-7,10,16,20-21H,8-9,11-13H2. The van der Waals surface area contributed by atoms with Crippen molar-refractivity contribution < 1.29 is 19.7 Å². The van der Waals surface area contributed by atoms with E-state index in [1.54, 1.807) is 0 Å². The Kier molecular flexibility index (Phi) is 7.81. The molecular formula is C18H21IO4. The Bertz CT molecular complexity index is 589. The molecule has 0 aromatic heterocycles. The first-order valence-electron chi connectivity index (χ1n) is 7.51. The molecule has 0 bridgehead atoms. The zero-order valence-corrected chi connectivity index (χ0v) is 15.0. The van der Waals surface area contributed by atoms with Gasteiger partial charge in [-0.25, -0.2) is 0 Å². The van der Waals surface area contributed by atoms with Gasteiger partial charge in [-0.3, -0.25) is 0 Å². The van der Waals surface area contributed by atoms with Crippen LogP contribution in [-0.4, -0.2) is 36.1 Å². The zero-order valence-electron chi connectivity index (χ0n) is 12.8. The molecule has 0 fully saturated rings. The van der Waals surface area contributed by atoms with Crippen LogP contribution in [0, 0.1) is 3.57 Å². The Balaban J connectivity index is 1.86. The summed E-state index contributed by atoms with van der Waals surface area (Å²) < 4.78 is 12.4. The summed E-state index contributed by atoms with van der Waals surface area (Å²) in [6.07, 6.45) is 0.218. The van der Waals surface area contributed by atoms with E-state index in [0.717, 1.165) is 20.4 Å². The van der Waals surface area contributed by atoms with Crippen LogP contribution >= 0.6 is 22.6 Å². The minimum absolute atomic E-state index is 0.108. The highest BCUT2D eigenvalue weighted by Crippen LogP contribution is 2.23. The molecule has 0 aliphatic heterocycles. The molecule has 1 atom stereocenters. The lowest BCUT2D eigenvalue weighted by Crippen LogP contribution is -2.27. The fraction of sp³-hybridized carbons (Fsp3) is 0.333. The first-order valence-corrected chi connectivity index (χ1v) is 8.59. The number of halogens is 1. The predicted molar refractivity (Wildman–Crippen MR) is 97.5 cm³/mol. The van der Waals surface area contributed by atoms with E-state index in [1.165, 1.54) is 0 Å². The summed E-state index contributed by atoms with van der Waals surface area (Å²) in [5.41, 5.74) is 2.15. The molecule has 2 aromatic carbocycles. The van der Waals surface area contributed by atoms with E-state index in [-0.39, 0.29) is 13.2 Å². The largest absolute Gasteiger partial charge is 0.485 e. The van der Waals surface area contributed by atoms with Crippen LogP contribution in [0.15, 0.2) is 48.5 Å². The normalized spacial score (nSPS) is 12.1. The minimum Gasteiger partial charge on any atom is -0.485 e. The Morgan fingerprint density at radius 1 is 1.00 bits per heavy atom. The van der Waals surface area contributed by atoms with Crippen molar-refractivity contribution in [3.05, 3.63) is 63.2 Å². The Hall–Kier alpha value is -1.15. The van der Waals surface area contributed by atoms with Crippen LogP contribution in [0.25, 0.3) is 0 Å². The summed E-state index contributed by atoms with van der Waals surface area (Å²) in [5.74, 6) is 0.717. The quantitative estimate of drug-likeness (QED) is 0.604. The molecule has 0 spiro atoms. The molecule has 5 heteroatoms. The maximum absolute atomic E-state index is 9.47. The topological polar surface area (TPSA) is 58.9 Å². The highest BCUT2D eigenvalue weighted by Gasteiger charge is 2.12. The molecule has 1 unspecified atom stereocenters. The lowest BCUT2D eigenvalue weighted by molar-refractivity contribution is 0.0129. The van der Waals surface area contributed by atoms with Crippen LogP contribution in [0.5, 0.6) is 5.75 Å². The molecule has 124 valence electrons. The first kappa shape index (κ1) is 18.2. The third-order valence-electron chi connectivity index (χ3n) is 3.31. The van der Waals surface area contributed by atoms with Gasteiger partial charge in [0.05, 0.1) is 23.4 Å². The molecule has 0 radical (unpaired) electrons. The van der Waals surface area contributed by atoms with Gasteiger partial charge in [-0.15, -0.1) is 0 Å². The summed E-state index contributed by atoms with van der Waals surface area (Å²) in [6, 6.07) is 15.7. The van der Waals surface area contributed by atoms with Gasteiger partial charge in [-0.1, -0.05) is 36.4 Å². The molecule has 0 saturated heterocycles. The number of hydrogen-bond acceptors (Lipinski definition) is 4. The lowest BCUT2D eigenvalue weighted by Gasteiger charge is -2.18. The van der Waals surface area contributed by atoms with Crippen molar-refractivity contribution in [1.29, 1.82) is 0 Å². The highest BCUT2D eigenvalue weighted by molar-refractivity contribution is 14.1. The van der Waals surface area contributed by atoms with Gasteiger partial charge in [0, 0.05) is 6.61 Å². The van der Waals surface area contributed by atoms with Crippen molar-refractivity contribution in [2.24, 2.45) is 0 Å². The van der Waals surface area contributed by atoms with Crippen molar-refractivity contribution in [2.75, 3.05) is 19.8 Å². The molecule has 2 rings (SSSR count). The Morgan fingerprint density at radius 2 is 1.78 bits per heavy atom. The number of benzene rings is 2. The van der Waals surface area contributed by atoms with Gasteiger partial charge in [0.2, 0.25) is 0 Å². The fourth-order valence-electron chi connectivity index (χ4n) is 2.11. The van der Waals surface area contributed by atoms with Crippen molar-refractivity contribution in [1.82, 2.24) is 0 Å². The SMILES string of the molecule is OCCc1ccc(OC(CO)COCc2ccccc2)c(I)c1. The van der Waals surface area contributed by atoms with Crippen molar-refractivity contribution in [2.45, 2.75) is 19.1 Å². The molecule has 2 aromatic rings. The summed E-state index contributed by atoms with van der Waals surface area (Å²) in [6.45, 7) is 0.833. The number of aliphatic hydroxyl groups excluding tert-OH is 2. The minimum atomic E-state index is -0.407. The van der Waals surface area contributed by atoms with E-state index in [9.17, 15) is 5.11 Å². The Morgan fingerprint density at radius 3 is 2.43 bits per heavy atom. The van der Waals surface area contributed by atoms with Crippen LogP contribution in [-0.2, 0) is 17.8 Å². The summed E-state index contributed by atoms with van der Waals surface area (Å²) in [5, 5.41) is 18.4. The molecule has 0 aliphatic carbocycles. The van der Waals surface area contributed by atoms with E-state index in [4.69, 9.17) is 14.6 Å². The maximum atomic E-state index is 9.47. The molecule has 0 saturated carbocycles. The average Bonchev–Trinajstić information content (AvgIpc) is 2.57. The van der Waals surface area contributed by atoms with Gasteiger partial charge in [-0.05, 0) is 52.3 Å². The van der Waals surface area contributed by atoms with Crippen LogP contribution in [0.1, 0.15) is 11.1 Å². The van der Waals surface area contributed by atoms with E-state index in [2.05, 4.69) is 22.6 Å². The molecular weight excluding hydrogens is 407 g/mol. The van der Waals surface area contributed by atoms with E-state index >= 15 is 0 Å². The van der Waals surface area contributed by atoms with E-state index in [0.29, 0.717) is 19.6 Å². The van der Waals surface area contributed by atoms with Gasteiger partial charge in [0.15, 0.2) is 0 Å². The maximum Gasteiger partial charge on any atom is 0.145 e. The van der Waals surface area contributed by atoms with Gasteiger partial charge in [0.25, 0.3) is 0 Å². The first-order chi connectivity index (χ1) is 11.2. The fourth-order valence-corrected chi connectivity index (χ4v) is 2.82. The predicted octanol–water partition coefficient (Wildman–Crippen LogP) is 2.78. The van der Waals surface area contributed by atoms with Gasteiger partial charge in [-0.2, -0.15) is 0 Å². The molecule has 23 heavy (non-hydrogen) atoms. The second kappa shape index (κ2) is 9.87. The summed E-state index contributed by atoms with van der Waals surface area (Å²) in [7, 11) is 0. The van der Waals surface area contributed by atoms with Crippen LogP contribution in [0.2, 0.25) is 0 Å². The van der Waals surface area contributed by atoms with Crippen LogP contribution in [0.3, 0.4) is 0 Å². The van der Waals surface area contributed by atoms with Gasteiger partial charge in [0.1, 0.15) is 11.9 Å². The van der Waals surface area contributed by atoms with E-state index in [1.807, 2.05) is 48.5 Å². The van der Waals surface area contributed by atoms with Crippen molar-refractivity contribution in [3.63, 3.8) is 0 Å². The average molecular weight is 428 g/mol. The molecule has 0 amide bonds. The smallest absolute Gasteiger partial charge is 0.145 e. The molecule has 0 aliphatic rings. The number of hydrogen-bond donors (Lipinski definition) is 2. The van der Waals surface area contributed by atoms with Crippen LogP contribution < -0.4 is 4.74 Å². The molecule has 2 N–H and O–H groups in total. The van der Waals surface area contributed by atoms with Crippen molar-refractivity contribution in [3.8, 4) is 5.75 Å². The zero-order chi connectivity index (χ0) is 16.5. The van der Waals surface area contributed by atoms with Gasteiger partial charge >= 0.3 is 0 Å². The second-order valence-electron chi connectivity index (χ2n) is 5.16. The summed E-state index contributed by atoms with van der Waals surface area (Å²) in [4.78, 5) is 0. The highest BCUT2D eigenvalue weighted by atomic mass is 127. The van der Waals surface area contributed by atoms with Crippen molar-refractivity contribution >= 4 is 22.6 Å². The number of rotatable bonds is 9. The number of ether oxygens (including phenoxy) is 2. The van der Waals surface area contributed by atoms with Crippen LogP contribution in [0.4, 0.5) is 0 Å². The third-order valence-corrected chi connectivity index (χ3v) is 4.15. The second-order valence-corrected chi connectivity index (χ2v) is 6.32. The Labute approximate surface area is 150 Å². The molecule has 0 heterocycles.